The fraction of sp³-hybridized carbons (Fsp3) is 0.350. The predicted octanol–water partition coefficient (Wildman–Crippen LogP) is 4.31. The molecule has 0 saturated carbocycles. The SMILES string of the molecule is CC[C@H](C)NC(=O)NCCC(c1ccccc1)c1ccccc1. The van der Waals surface area contributed by atoms with E-state index in [1.165, 1.54) is 11.1 Å². The van der Waals surface area contributed by atoms with E-state index in [1.54, 1.807) is 0 Å². The summed E-state index contributed by atoms with van der Waals surface area (Å²) in [7, 11) is 0. The van der Waals surface area contributed by atoms with Gasteiger partial charge in [-0.1, -0.05) is 67.6 Å². The Bertz CT molecular complexity index is 544. The van der Waals surface area contributed by atoms with Crippen LogP contribution in [0.4, 0.5) is 4.79 Å². The second kappa shape index (κ2) is 8.99. The molecule has 0 spiro atoms. The Balaban J connectivity index is 1.98. The van der Waals surface area contributed by atoms with Gasteiger partial charge in [-0.2, -0.15) is 0 Å². The first kappa shape index (κ1) is 17.1. The first-order chi connectivity index (χ1) is 11.2. The minimum Gasteiger partial charge on any atom is -0.338 e. The molecule has 0 aromatic heterocycles. The zero-order valence-corrected chi connectivity index (χ0v) is 14.0. The zero-order chi connectivity index (χ0) is 16.5. The van der Waals surface area contributed by atoms with Crippen molar-refractivity contribution < 1.29 is 4.79 Å². The third-order valence-electron chi connectivity index (χ3n) is 4.11. The maximum atomic E-state index is 11.8. The lowest BCUT2D eigenvalue weighted by atomic mass is 9.88. The van der Waals surface area contributed by atoms with Gasteiger partial charge in [-0.25, -0.2) is 4.79 Å². The Morgan fingerprint density at radius 3 is 1.96 bits per heavy atom. The average Bonchev–Trinajstić information content (AvgIpc) is 2.60. The van der Waals surface area contributed by atoms with Crippen molar-refractivity contribution in [1.82, 2.24) is 10.6 Å². The summed E-state index contributed by atoms with van der Waals surface area (Å²) in [5.41, 5.74) is 2.56. The summed E-state index contributed by atoms with van der Waals surface area (Å²) in [6.45, 7) is 4.72. The molecule has 0 aliphatic carbocycles. The Morgan fingerprint density at radius 2 is 1.48 bits per heavy atom. The van der Waals surface area contributed by atoms with Crippen molar-refractivity contribution in [3.8, 4) is 0 Å². The second-order valence-corrected chi connectivity index (χ2v) is 5.87. The predicted molar refractivity (Wildman–Crippen MR) is 95.6 cm³/mol. The highest BCUT2D eigenvalue weighted by Gasteiger charge is 2.14. The third kappa shape index (κ3) is 5.44. The van der Waals surface area contributed by atoms with Gasteiger partial charge in [-0.05, 0) is 30.9 Å². The van der Waals surface area contributed by atoms with Crippen molar-refractivity contribution >= 4 is 6.03 Å². The van der Waals surface area contributed by atoms with Crippen LogP contribution in [-0.4, -0.2) is 18.6 Å². The lowest BCUT2D eigenvalue weighted by Crippen LogP contribution is -2.41. The largest absolute Gasteiger partial charge is 0.338 e. The molecule has 0 saturated heterocycles. The van der Waals surface area contributed by atoms with Gasteiger partial charge in [0.25, 0.3) is 0 Å². The van der Waals surface area contributed by atoms with Gasteiger partial charge in [0.05, 0.1) is 0 Å². The number of carbonyl (C=O) groups is 1. The number of benzene rings is 2. The summed E-state index contributed by atoms with van der Waals surface area (Å²) < 4.78 is 0. The van der Waals surface area contributed by atoms with Crippen molar-refractivity contribution in [2.45, 2.75) is 38.6 Å². The van der Waals surface area contributed by atoms with Crippen LogP contribution >= 0.6 is 0 Å². The van der Waals surface area contributed by atoms with Crippen molar-refractivity contribution in [1.29, 1.82) is 0 Å². The van der Waals surface area contributed by atoms with Crippen LogP contribution in [0.3, 0.4) is 0 Å². The highest BCUT2D eigenvalue weighted by atomic mass is 16.2. The zero-order valence-electron chi connectivity index (χ0n) is 14.0. The molecule has 0 aliphatic heterocycles. The molecule has 23 heavy (non-hydrogen) atoms. The van der Waals surface area contributed by atoms with E-state index in [1.807, 2.05) is 19.1 Å². The molecule has 2 aromatic carbocycles. The van der Waals surface area contributed by atoms with Crippen molar-refractivity contribution in [2.24, 2.45) is 0 Å². The average molecular weight is 310 g/mol. The molecule has 1 atom stereocenters. The first-order valence-electron chi connectivity index (χ1n) is 8.35. The molecule has 0 heterocycles. The molecule has 122 valence electrons. The van der Waals surface area contributed by atoms with Gasteiger partial charge >= 0.3 is 6.03 Å². The van der Waals surface area contributed by atoms with Gasteiger partial charge in [0.2, 0.25) is 0 Å². The smallest absolute Gasteiger partial charge is 0.314 e. The van der Waals surface area contributed by atoms with Crippen molar-refractivity contribution in [2.75, 3.05) is 6.54 Å². The minimum absolute atomic E-state index is 0.0841. The Morgan fingerprint density at radius 1 is 0.957 bits per heavy atom. The lowest BCUT2D eigenvalue weighted by molar-refractivity contribution is 0.237. The molecule has 3 heteroatoms. The van der Waals surface area contributed by atoms with Gasteiger partial charge in [0.1, 0.15) is 0 Å². The molecule has 0 fully saturated rings. The van der Waals surface area contributed by atoms with Gasteiger partial charge in [-0.15, -0.1) is 0 Å². The van der Waals surface area contributed by atoms with E-state index in [0.29, 0.717) is 12.5 Å². The van der Waals surface area contributed by atoms with Crippen LogP contribution in [0.1, 0.15) is 43.7 Å². The molecule has 0 unspecified atom stereocenters. The summed E-state index contributed by atoms with van der Waals surface area (Å²) in [6.07, 6.45) is 1.81. The van der Waals surface area contributed by atoms with Crippen LogP contribution in [0, 0.1) is 0 Å². The van der Waals surface area contributed by atoms with E-state index in [2.05, 4.69) is 66.1 Å². The Kier molecular flexibility index (Phi) is 6.67. The maximum absolute atomic E-state index is 11.8. The quantitative estimate of drug-likeness (QED) is 0.786. The van der Waals surface area contributed by atoms with Crippen molar-refractivity contribution in [3.63, 3.8) is 0 Å². The molecular weight excluding hydrogens is 284 g/mol. The standard InChI is InChI=1S/C20H26N2O/c1-3-16(2)22-20(23)21-15-14-19(17-10-6-4-7-11-17)18-12-8-5-9-13-18/h4-13,16,19H,3,14-15H2,1-2H3,(H2,21,22,23)/t16-/m0/s1. The number of urea groups is 1. The number of nitrogens with one attached hydrogen (secondary N) is 2. The van der Waals surface area contributed by atoms with E-state index < -0.39 is 0 Å². The van der Waals surface area contributed by atoms with Crippen LogP contribution in [0.25, 0.3) is 0 Å². The van der Waals surface area contributed by atoms with E-state index in [4.69, 9.17) is 0 Å². The van der Waals surface area contributed by atoms with E-state index >= 15 is 0 Å². The summed E-state index contributed by atoms with van der Waals surface area (Å²) in [4.78, 5) is 11.8. The first-order valence-corrected chi connectivity index (χ1v) is 8.35. The maximum Gasteiger partial charge on any atom is 0.314 e. The molecule has 2 N–H and O–H groups in total. The van der Waals surface area contributed by atoms with Gasteiger partial charge in [0, 0.05) is 18.5 Å². The number of hydrogen-bond acceptors (Lipinski definition) is 1. The minimum atomic E-state index is -0.0841. The monoisotopic (exact) mass is 310 g/mol. The van der Waals surface area contributed by atoms with Crippen LogP contribution in [0.5, 0.6) is 0 Å². The fourth-order valence-electron chi connectivity index (χ4n) is 2.60. The molecule has 2 aromatic rings. The highest BCUT2D eigenvalue weighted by molar-refractivity contribution is 5.74. The topological polar surface area (TPSA) is 41.1 Å². The number of carbonyl (C=O) groups excluding carboxylic acids is 1. The number of amides is 2. The molecule has 2 rings (SSSR count). The Hall–Kier alpha value is -2.29. The summed E-state index contributed by atoms with van der Waals surface area (Å²) in [6, 6.07) is 21.0. The Labute approximate surface area is 139 Å². The lowest BCUT2D eigenvalue weighted by Gasteiger charge is -2.19. The summed E-state index contributed by atoms with van der Waals surface area (Å²) in [5.74, 6) is 0.293. The molecule has 0 aliphatic rings. The van der Waals surface area contributed by atoms with Crippen LogP contribution < -0.4 is 10.6 Å². The number of rotatable bonds is 7. The van der Waals surface area contributed by atoms with Crippen LogP contribution in [0.2, 0.25) is 0 Å². The van der Waals surface area contributed by atoms with E-state index in [0.717, 1.165) is 12.8 Å². The highest BCUT2D eigenvalue weighted by Crippen LogP contribution is 2.27. The van der Waals surface area contributed by atoms with Gasteiger partial charge < -0.3 is 10.6 Å². The molecule has 2 amide bonds. The number of hydrogen-bond donors (Lipinski definition) is 2. The van der Waals surface area contributed by atoms with E-state index in [-0.39, 0.29) is 12.1 Å². The fourth-order valence-corrected chi connectivity index (χ4v) is 2.60. The molecule has 3 nitrogen and oxygen atoms in total. The normalized spacial score (nSPS) is 12.0. The third-order valence-corrected chi connectivity index (χ3v) is 4.11. The van der Waals surface area contributed by atoms with Crippen LogP contribution in [0.15, 0.2) is 60.7 Å². The molecule has 0 radical (unpaired) electrons. The van der Waals surface area contributed by atoms with E-state index in [9.17, 15) is 4.79 Å². The summed E-state index contributed by atoms with van der Waals surface area (Å²) in [5, 5.41) is 5.90. The van der Waals surface area contributed by atoms with Crippen LogP contribution in [-0.2, 0) is 0 Å². The second-order valence-electron chi connectivity index (χ2n) is 5.87. The summed E-state index contributed by atoms with van der Waals surface area (Å²) >= 11 is 0. The van der Waals surface area contributed by atoms with Gasteiger partial charge in [0.15, 0.2) is 0 Å². The molecular formula is C20H26N2O. The van der Waals surface area contributed by atoms with Crippen molar-refractivity contribution in [3.05, 3.63) is 71.8 Å². The molecule has 0 bridgehead atoms. The van der Waals surface area contributed by atoms with Gasteiger partial charge in [-0.3, -0.25) is 0 Å².